The van der Waals surface area contributed by atoms with Crippen LogP contribution in [-0.2, 0) is 5.41 Å². The van der Waals surface area contributed by atoms with E-state index in [1.165, 1.54) is 179 Å². The first kappa shape index (κ1) is 59.5. The molecule has 0 aliphatic heterocycles. The average molecular weight is 1530 g/mol. The Morgan fingerprint density at radius 3 is 1.28 bits per heavy atom. The number of benzene rings is 8. The second-order valence-corrected chi connectivity index (χ2v) is 70.8. The van der Waals surface area contributed by atoms with Crippen LogP contribution in [0.4, 0.5) is 0 Å². The highest BCUT2D eigenvalue weighted by molar-refractivity contribution is 14.1. The molecule has 0 nitrogen and oxygen atoms in total. The topological polar surface area (TPSA) is 0 Å². The Hall–Kier alpha value is -3.34. The van der Waals surface area contributed by atoms with Crippen molar-refractivity contribution in [2.75, 3.05) is 4.05 Å². The van der Waals surface area contributed by atoms with Gasteiger partial charge in [0, 0.05) is 35.6 Å². The van der Waals surface area contributed by atoms with Gasteiger partial charge in [-0.15, -0.1) is 0 Å². The van der Waals surface area contributed by atoms with E-state index in [9.17, 15) is 0 Å². The molecule has 103 heavy (non-hydrogen) atoms. The molecule has 0 heterocycles. The predicted molar refractivity (Wildman–Crippen MR) is 455 cm³/mol. The second kappa shape index (κ2) is 17.4. The Bertz CT molecular complexity index is 5960. The zero-order valence-corrected chi connectivity index (χ0v) is 70.4. The minimum Gasteiger partial charge on any atom is -0.0897 e. The fraction of sp³-hybridized carbons (Fsp3) is 0.612. The third-order valence-electron chi connectivity index (χ3n) is 39.5. The van der Waals surface area contributed by atoms with Crippen LogP contribution in [0.1, 0.15) is 106 Å². The summed E-state index contributed by atoms with van der Waals surface area (Å²) in [5.74, 6) is 35.4. The molecular weight excluding hydrogens is 1420 g/mol. The molecule has 33 atom stereocenters. The van der Waals surface area contributed by atoms with Gasteiger partial charge in [-0.05, 0) is 403 Å². The number of fused-ring (bicyclic) bond motifs is 10. The van der Waals surface area contributed by atoms with Crippen molar-refractivity contribution >= 4 is 179 Å². The van der Waals surface area contributed by atoms with E-state index in [0.717, 1.165) is 41.4 Å². The van der Waals surface area contributed by atoms with E-state index in [0.29, 0.717) is 17.3 Å². The zero-order valence-electron chi connectivity index (χ0n) is 64.2. The Morgan fingerprint density at radius 2 is 0.757 bits per heavy atom. The van der Waals surface area contributed by atoms with Crippen LogP contribution in [0.25, 0.3) is 124 Å². The quantitative estimate of drug-likeness (QED) is 0.0490. The molecule has 0 amide bonds. The maximum Gasteiger partial charge on any atom is 0.0547 e. The molecule has 15 saturated carbocycles. The van der Waals surface area contributed by atoms with E-state index < -0.39 is 32.3 Å². The monoisotopic (exact) mass is 1520 g/mol. The fourth-order valence-electron chi connectivity index (χ4n) is 40.8. The smallest absolute Gasteiger partial charge is 0.0547 e. The first-order valence-corrected chi connectivity index (χ1v) is 60.4. The largest absolute Gasteiger partial charge is 0.0897 e. The minimum absolute atomic E-state index is 0.0919. The molecule has 20 aliphatic carbocycles. The van der Waals surface area contributed by atoms with Crippen molar-refractivity contribution in [1.82, 2.24) is 0 Å². The number of allylic oxidation sites excluding steroid dienone is 4. The number of rotatable bonds is 7. The van der Waals surface area contributed by atoms with Crippen molar-refractivity contribution in [2.24, 2.45) is 177 Å². The summed E-state index contributed by atoms with van der Waals surface area (Å²) in [4.78, 5) is 0. The van der Waals surface area contributed by atoms with Gasteiger partial charge in [-0.1, -0.05) is 187 Å². The highest BCUT2D eigenvalue weighted by Gasteiger charge is 2.91. The van der Waals surface area contributed by atoms with E-state index in [2.05, 4.69) is 167 Å². The molecule has 12 aromatic rings. The number of halogens is 1. The van der Waals surface area contributed by atoms with Crippen molar-refractivity contribution in [3.05, 3.63) is 88.5 Å². The third kappa shape index (κ3) is 5.71. The first-order valence-electron chi connectivity index (χ1n) is 44.1. The van der Waals surface area contributed by atoms with Gasteiger partial charge in [-0.2, -0.15) is 0 Å². The van der Waals surface area contributed by atoms with Crippen LogP contribution >= 0.6 is 22.6 Å². The van der Waals surface area contributed by atoms with E-state index in [1.807, 2.05) is 13.8 Å². The molecule has 0 saturated heterocycles. The third-order valence-corrected chi connectivity index (χ3v) is 52.2. The summed E-state index contributed by atoms with van der Waals surface area (Å²) in [6, 6.07) is 24.9. The lowest BCUT2D eigenvalue weighted by molar-refractivity contribution is -0.169. The molecule has 0 radical (unpaired) electrons. The average Bonchev–Trinajstić information content (AvgIpc) is 1.44. The zero-order chi connectivity index (χ0) is 68.3. The van der Waals surface area contributed by atoms with Crippen LogP contribution in [0.2, 0.25) is 96.7 Å². The molecule has 33 unspecified atom stereocenters. The lowest BCUT2D eigenvalue weighted by Crippen LogP contribution is -2.63. The summed E-state index contributed by atoms with van der Waals surface area (Å²) in [6.07, 6.45) is 20.8. The molecular formula is C98H109ISi4. The van der Waals surface area contributed by atoms with E-state index in [4.69, 9.17) is 0 Å². The molecule has 20 aliphatic rings. The van der Waals surface area contributed by atoms with Gasteiger partial charge in [0.15, 0.2) is 0 Å². The van der Waals surface area contributed by atoms with Gasteiger partial charge in [-0.3, -0.25) is 0 Å². The van der Waals surface area contributed by atoms with Gasteiger partial charge >= 0.3 is 0 Å². The molecule has 0 aromatic heterocycles. The highest BCUT2D eigenvalue weighted by Crippen LogP contribution is 2.95. The SMILES string of the molecule is CC.C[Si](C)(C)CC12C3=CCC4c5ccc6c7ccc8c9ccc%10c%11ccc3c3c1c1c%12c(c5c6c5c7c8c6c9c%10c(c3%11)c1c6c%125)C42.C[Si](C)(C)CC1C=C2C3CCC4C5CCC6C7CCC8C9CCC%10C%11C9C9C8C7C7C6C5C5C4C3C3C4C5C7C9C4C%11C(C1%10)C23C[Si](C)(C)C.C[Si](C)(C)CI. The van der Waals surface area contributed by atoms with Crippen LogP contribution in [0, 0.1) is 177 Å². The molecule has 5 heteroatoms. The summed E-state index contributed by atoms with van der Waals surface area (Å²) in [7, 11) is -4.64. The summed E-state index contributed by atoms with van der Waals surface area (Å²) in [6.45, 7) is 36.0. The molecule has 12 aromatic carbocycles. The summed E-state index contributed by atoms with van der Waals surface area (Å²) >= 11 is 2.46. The molecule has 524 valence electrons. The van der Waals surface area contributed by atoms with Crippen molar-refractivity contribution in [2.45, 2.75) is 186 Å². The van der Waals surface area contributed by atoms with Crippen LogP contribution in [0.5, 0.6) is 0 Å². The summed E-state index contributed by atoms with van der Waals surface area (Å²) in [5, 5.41) is 34.9. The van der Waals surface area contributed by atoms with Crippen LogP contribution in [-0.4, -0.2) is 36.3 Å². The second-order valence-electron chi connectivity index (χ2n) is 46.6. The molecule has 32 rings (SSSR count). The number of hydrogen-bond donors (Lipinski definition) is 0. The van der Waals surface area contributed by atoms with E-state index in [1.54, 1.807) is 177 Å². The van der Waals surface area contributed by atoms with Gasteiger partial charge < -0.3 is 0 Å². The Morgan fingerprint density at radius 1 is 0.359 bits per heavy atom. The Labute approximate surface area is 628 Å². The summed E-state index contributed by atoms with van der Waals surface area (Å²) in [5.41, 5.74) is 11.6. The van der Waals surface area contributed by atoms with Crippen LogP contribution in [0.15, 0.2) is 66.3 Å². The Balaban J connectivity index is 0.000000101. The molecule has 15 fully saturated rings. The number of hydrogen-bond acceptors (Lipinski definition) is 0. The summed E-state index contributed by atoms with van der Waals surface area (Å²) < 4.78 is 1.38. The maximum absolute atomic E-state index is 3.32. The van der Waals surface area contributed by atoms with E-state index >= 15 is 0 Å². The minimum atomic E-state index is -1.51. The van der Waals surface area contributed by atoms with Crippen molar-refractivity contribution in [3.63, 3.8) is 0 Å². The van der Waals surface area contributed by atoms with Crippen LogP contribution in [0.3, 0.4) is 0 Å². The van der Waals surface area contributed by atoms with Gasteiger partial charge in [0.1, 0.15) is 0 Å². The molecule has 0 bridgehead atoms. The first-order chi connectivity index (χ1) is 49.6. The van der Waals surface area contributed by atoms with Crippen LogP contribution < -0.4 is 0 Å². The highest BCUT2D eigenvalue weighted by atomic mass is 127. The maximum atomic E-state index is 3.32. The molecule has 0 spiro atoms. The standard InChI is InChI=1S/C48H68Si2.C44H24Si.C4H11ISi.C2H6/c1-49(2,3)16-18-15-27-25-13-11-24-22-10-9-20-19-7-8-21-23-12-14-26-28(18)46-44-35(26)33(23)38-30(21)29(19)37-31(20)32(22)39-34(24)36(25)47(48(27,46)17-50(4,5)6)45-42(39)40(37)41(38)43(44)45;1-45(2,3)14-44-24-13-12-22-21-9-8-18-17-5-4-15-16-6-7-19-20-10-11-23(24)32-31(20)35-28(19)27(16)33-25(15)26(17)34-29(18)30(21)40(42(22)44)39-37(34)36(33)38(35)41(39)43(32)44;1-6(2,3)4-5;1-2/h15,18-26,28-47H,7-14,16-17H2,1-6H3;4-11,13,22,42H,12,14H2,1-3H3;4H2,1-3H3;1-2H3. The lowest BCUT2D eigenvalue weighted by Gasteiger charge is -2.66. The van der Waals surface area contributed by atoms with Gasteiger partial charge in [-0.25, -0.2) is 0 Å². The fourth-order valence-corrected chi connectivity index (χ4v) is 47.2. The predicted octanol–water partition coefficient (Wildman–Crippen LogP) is 26.6. The van der Waals surface area contributed by atoms with Gasteiger partial charge in [0.2, 0.25) is 0 Å². The van der Waals surface area contributed by atoms with Crippen molar-refractivity contribution in [1.29, 1.82) is 0 Å². The van der Waals surface area contributed by atoms with Gasteiger partial charge in [0.05, 0.1) is 8.07 Å². The van der Waals surface area contributed by atoms with Gasteiger partial charge in [0.25, 0.3) is 0 Å². The molecule has 0 N–H and O–H groups in total. The van der Waals surface area contributed by atoms with E-state index in [-0.39, 0.29) is 5.41 Å². The van der Waals surface area contributed by atoms with Crippen molar-refractivity contribution < 1.29 is 0 Å². The van der Waals surface area contributed by atoms with Crippen molar-refractivity contribution in [3.8, 4) is 0 Å². The lowest BCUT2D eigenvalue weighted by atomic mass is 9.39. The Kier molecular flexibility index (Phi) is 10.0. The normalized spacial score (nSPS) is 47.3. The number of alkyl halides is 1.